The molecule has 0 saturated carbocycles. The van der Waals surface area contributed by atoms with Gasteiger partial charge in [0.05, 0.1) is 11.3 Å². The third-order valence-electron chi connectivity index (χ3n) is 2.66. The molecule has 2 rings (SSSR count). The normalized spacial score (nSPS) is 11.3. The summed E-state index contributed by atoms with van der Waals surface area (Å²) < 4.78 is 38.4. The quantitative estimate of drug-likeness (QED) is 0.862. The Bertz CT molecular complexity index is 686. The molecule has 110 valence electrons. The highest BCUT2D eigenvalue weighted by Crippen LogP contribution is 2.34. The molecule has 1 heterocycles. The molecule has 0 saturated heterocycles. The molecule has 1 aromatic carbocycles. The number of aromatic nitrogens is 1. The van der Waals surface area contributed by atoms with Crippen LogP contribution in [0.1, 0.15) is 21.7 Å². The highest BCUT2D eigenvalue weighted by Gasteiger charge is 2.31. The summed E-state index contributed by atoms with van der Waals surface area (Å²) in [6.07, 6.45) is -4.47. The van der Waals surface area contributed by atoms with Crippen molar-refractivity contribution in [2.75, 3.05) is 5.32 Å². The zero-order valence-corrected chi connectivity index (χ0v) is 12.4. The first-order valence-corrected chi connectivity index (χ1v) is 6.68. The lowest BCUT2D eigenvalue weighted by molar-refractivity contribution is -0.137. The number of alkyl halides is 3. The molecular formula is C14H10BrF3N2O. The van der Waals surface area contributed by atoms with Crippen molar-refractivity contribution in [3.63, 3.8) is 0 Å². The highest BCUT2D eigenvalue weighted by atomic mass is 79.9. The fraction of sp³-hybridized carbons (Fsp3) is 0.143. The largest absolute Gasteiger partial charge is 0.416 e. The van der Waals surface area contributed by atoms with E-state index in [9.17, 15) is 18.0 Å². The van der Waals surface area contributed by atoms with Crippen LogP contribution in [0, 0.1) is 6.92 Å². The van der Waals surface area contributed by atoms with Crippen molar-refractivity contribution in [1.29, 1.82) is 0 Å². The number of aryl methyl sites for hydroxylation is 1. The first-order valence-electron chi connectivity index (χ1n) is 5.89. The van der Waals surface area contributed by atoms with Crippen LogP contribution < -0.4 is 5.32 Å². The van der Waals surface area contributed by atoms with Gasteiger partial charge < -0.3 is 5.32 Å². The maximum atomic E-state index is 12.7. The summed E-state index contributed by atoms with van der Waals surface area (Å²) in [4.78, 5) is 16.0. The van der Waals surface area contributed by atoms with Crippen molar-refractivity contribution in [1.82, 2.24) is 4.98 Å². The Labute approximate surface area is 127 Å². The molecule has 0 bridgehead atoms. The lowest BCUT2D eigenvalue weighted by Gasteiger charge is -2.11. The van der Waals surface area contributed by atoms with Crippen LogP contribution in [-0.4, -0.2) is 10.9 Å². The van der Waals surface area contributed by atoms with Crippen LogP contribution in [0.25, 0.3) is 0 Å². The van der Waals surface area contributed by atoms with Gasteiger partial charge in [-0.05, 0) is 53.2 Å². The molecule has 0 spiro atoms. The number of pyridine rings is 1. The van der Waals surface area contributed by atoms with E-state index in [1.807, 2.05) is 0 Å². The van der Waals surface area contributed by atoms with E-state index in [1.165, 1.54) is 12.1 Å². The molecule has 1 N–H and O–H groups in total. The van der Waals surface area contributed by atoms with E-state index in [-0.39, 0.29) is 11.4 Å². The van der Waals surface area contributed by atoms with Gasteiger partial charge in [0.2, 0.25) is 0 Å². The minimum atomic E-state index is -4.47. The fourth-order valence-corrected chi connectivity index (χ4v) is 2.00. The van der Waals surface area contributed by atoms with Crippen molar-refractivity contribution in [3.05, 3.63) is 57.8 Å². The monoisotopic (exact) mass is 358 g/mol. The van der Waals surface area contributed by atoms with Crippen molar-refractivity contribution in [3.8, 4) is 0 Å². The van der Waals surface area contributed by atoms with Gasteiger partial charge in [-0.3, -0.25) is 4.79 Å². The second-order valence-corrected chi connectivity index (χ2v) is 5.17. The molecule has 7 heteroatoms. The summed E-state index contributed by atoms with van der Waals surface area (Å²) in [5.74, 6) is -0.571. The van der Waals surface area contributed by atoms with Crippen molar-refractivity contribution >= 4 is 27.5 Å². The second kappa shape index (κ2) is 5.85. The number of hydrogen-bond acceptors (Lipinski definition) is 2. The van der Waals surface area contributed by atoms with Crippen LogP contribution >= 0.6 is 15.9 Å². The Morgan fingerprint density at radius 2 is 1.95 bits per heavy atom. The average molecular weight is 359 g/mol. The second-order valence-electron chi connectivity index (χ2n) is 4.31. The van der Waals surface area contributed by atoms with E-state index in [0.29, 0.717) is 10.2 Å². The number of nitrogens with one attached hydrogen (secondary N) is 1. The van der Waals surface area contributed by atoms with E-state index in [2.05, 4.69) is 26.2 Å². The molecule has 0 aliphatic carbocycles. The predicted octanol–water partition coefficient (Wildman–Crippen LogP) is 4.42. The summed E-state index contributed by atoms with van der Waals surface area (Å²) in [5, 5.41) is 2.42. The van der Waals surface area contributed by atoms with Crippen LogP contribution in [0.2, 0.25) is 0 Å². The molecule has 0 aliphatic rings. The smallest absolute Gasteiger partial charge is 0.320 e. The molecule has 0 unspecified atom stereocenters. The van der Waals surface area contributed by atoms with Crippen molar-refractivity contribution in [2.24, 2.45) is 0 Å². The third kappa shape index (κ3) is 3.81. The summed E-state index contributed by atoms with van der Waals surface area (Å²) in [6.45, 7) is 1.72. The SMILES string of the molecule is Cc1cccc(C(=O)Nc2cc(C(F)(F)F)ccc2Br)n1. The van der Waals surface area contributed by atoms with Crippen LogP contribution in [0.3, 0.4) is 0 Å². The average Bonchev–Trinajstić information content (AvgIpc) is 2.40. The topological polar surface area (TPSA) is 42.0 Å². The molecule has 0 radical (unpaired) electrons. The van der Waals surface area contributed by atoms with E-state index in [1.54, 1.807) is 19.1 Å². The summed E-state index contributed by atoms with van der Waals surface area (Å²) >= 11 is 3.11. The van der Waals surface area contributed by atoms with E-state index in [0.717, 1.165) is 12.1 Å². The third-order valence-corrected chi connectivity index (χ3v) is 3.35. The summed E-state index contributed by atoms with van der Waals surface area (Å²) in [5.41, 5.74) is -0.0126. The number of halogens is 4. The minimum Gasteiger partial charge on any atom is -0.320 e. The van der Waals surface area contributed by atoms with E-state index < -0.39 is 17.6 Å². The van der Waals surface area contributed by atoms with Gasteiger partial charge >= 0.3 is 6.18 Å². The van der Waals surface area contributed by atoms with Gasteiger partial charge in [0.25, 0.3) is 5.91 Å². The van der Waals surface area contributed by atoms with Gasteiger partial charge in [-0.2, -0.15) is 13.2 Å². The van der Waals surface area contributed by atoms with E-state index in [4.69, 9.17) is 0 Å². The molecule has 0 fully saturated rings. The number of nitrogens with zero attached hydrogens (tertiary/aromatic N) is 1. The number of carbonyl (C=O) groups is 1. The van der Waals surface area contributed by atoms with Gasteiger partial charge in [0, 0.05) is 10.2 Å². The Morgan fingerprint density at radius 3 is 2.57 bits per heavy atom. The predicted molar refractivity (Wildman–Crippen MR) is 76.1 cm³/mol. The van der Waals surface area contributed by atoms with Gasteiger partial charge in [0.1, 0.15) is 5.69 Å². The first-order chi connectivity index (χ1) is 9.77. The molecule has 0 aliphatic heterocycles. The maximum absolute atomic E-state index is 12.7. The number of anilines is 1. The Hall–Kier alpha value is -1.89. The Morgan fingerprint density at radius 1 is 1.24 bits per heavy atom. The number of hydrogen-bond donors (Lipinski definition) is 1. The first kappa shape index (κ1) is 15.5. The number of amides is 1. The van der Waals surface area contributed by atoms with Gasteiger partial charge in [-0.1, -0.05) is 6.07 Å². The van der Waals surface area contributed by atoms with Crippen LogP contribution in [-0.2, 0) is 6.18 Å². The Kier molecular flexibility index (Phi) is 4.32. The fourth-order valence-electron chi connectivity index (χ4n) is 1.65. The lowest BCUT2D eigenvalue weighted by atomic mass is 10.2. The minimum absolute atomic E-state index is 0.0399. The van der Waals surface area contributed by atoms with Crippen LogP contribution in [0.4, 0.5) is 18.9 Å². The molecule has 1 aromatic heterocycles. The number of benzene rings is 1. The van der Waals surface area contributed by atoms with Crippen LogP contribution in [0.15, 0.2) is 40.9 Å². The van der Waals surface area contributed by atoms with Gasteiger partial charge in [-0.25, -0.2) is 4.98 Å². The van der Waals surface area contributed by atoms with Crippen molar-refractivity contribution in [2.45, 2.75) is 13.1 Å². The molecule has 2 aromatic rings. The zero-order chi connectivity index (χ0) is 15.6. The van der Waals surface area contributed by atoms with Gasteiger partial charge in [-0.15, -0.1) is 0 Å². The molecule has 0 atom stereocenters. The molecule has 21 heavy (non-hydrogen) atoms. The summed E-state index contributed by atoms with van der Waals surface area (Å²) in [7, 11) is 0. The lowest BCUT2D eigenvalue weighted by Crippen LogP contribution is -2.15. The number of rotatable bonds is 2. The molecule has 3 nitrogen and oxygen atoms in total. The van der Waals surface area contributed by atoms with Crippen LogP contribution in [0.5, 0.6) is 0 Å². The molecular weight excluding hydrogens is 349 g/mol. The summed E-state index contributed by atoms with van der Waals surface area (Å²) in [6, 6.07) is 7.91. The van der Waals surface area contributed by atoms with Gasteiger partial charge in [0.15, 0.2) is 0 Å². The molecule has 1 amide bonds. The Balaban J connectivity index is 2.29. The maximum Gasteiger partial charge on any atom is 0.416 e. The van der Waals surface area contributed by atoms with E-state index >= 15 is 0 Å². The standard InChI is InChI=1S/C14H10BrF3N2O/c1-8-3-2-4-11(19-8)13(21)20-12-7-9(14(16,17)18)5-6-10(12)15/h2-7H,1H3,(H,20,21). The van der Waals surface area contributed by atoms with Crippen molar-refractivity contribution < 1.29 is 18.0 Å². The highest BCUT2D eigenvalue weighted by molar-refractivity contribution is 9.10. The number of carbonyl (C=O) groups excluding carboxylic acids is 1. The zero-order valence-electron chi connectivity index (χ0n) is 10.8.